The molecule has 1 aromatic carbocycles. The lowest BCUT2D eigenvalue weighted by molar-refractivity contribution is -0.455. The predicted molar refractivity (Wildman–Crippen MR) is 87.8 cm³/mol. The van der Waals surface area contributed by atoms with Crippen LogP contribution < -0.4 is 10.6 Å². The molecule has 0 amide bonds. The first kappa shape index (κ1) is 17.5. The second-order valence-electron chi connectivity index (χ2n) is 5.07. The van der Waals surface area contributed by atoms with Crippen LogP contribution in [0.4, 0.5) is 0 Å². The van der Waals surface area contributed by atoms with Crippen molar-refractivity contribution in [3.05, 3.63) is 78.1 Å². The SMILES string of the molecule is CNC1=C([N+](=O)[O-])CC([N+](=O)[O-])=C(NCc2ccc(Cl)cc2)N1C. The average molecular weight is 354 g/mol. The summed E-state index contributed by atoms with van der Waals surface area (Å²) in [6.45, 7) is 0.318. The molecule has 0 fully saturated rings. The predicted octanol–water partition coefficient (Wildman–Crippen LogP) is 1.88. The van der Waals surface area contributed by atoms with E-state index < -0.39 is 9.85 Å². The Morgan fingerprint density at radius 2 is 1.67 bits per heavy atom. The van der Waals surface area contributed by atoms with Crippen molar-refractivity contribution in [2.24, 2.45) is 0 Å². The van der Waals surface area contributed by atoms with Crippen LogP contribution in [0.1, 0.15) is 12.0 Å². The van der Waals surface area contributed by atoms with Crippen LogP contribution in [0.15, 0.2) is 47.3 Å². The van der Waals surface area contributed by atoms with E-state index in [4.69, 9.17) is 11.6 Å². The lowest BCUT2D eigenvalue weighted by Gasteiger charge is -2.28. The Labute approximate surface area is 142 Å². The van der Waals surface area contributed by atoms with Crippen LogP contribution >= 0.6 is 11.6 Å². The number of benzene rings is 1. The Bertz CT molecular complexity index is 729. The van der Waals surface area contributed by atoms with Gasteiger partial charge >= 0.3 is 0 Å². The van der Waals surface area contributed by atoms with Crippen molar-refractivity contribution < 1.29 is 9.85 Å². The molecule has 0 bridgehead atoms. The summed E-state index contributed by atoms with van der Waals surface area (Å²) in [6, 6.07) is 7.02. The maximum absolute atomic E-state index is 11.3. The number of nitrogens with one attached hydrogen (secondary N) is 2. The van der Waals surface area contributed by atoms with Gasteiger partial charge in [0, 0.05) is 25.7 Å². The van der Waals surface area contributed by atoms with Crippen LogP contribution in [0.25, 0.3) is 0 Å². The summed E-state index contributed by atoms with van der Waals surface area (Å²) in [5.74, 6) is 0.425. The Balaban J connectivity index is 2.30. The fourth-order valence-electron chi connectivity index (χ4n) is 2.45. The number of rotatable bonds is 6. The standard InChI is InChI=1S/C14H16ClN5O4/c1-16-13-11(19(21)22)7-12(20(23)24)14(18(13)2)17-8-9-3-5-10(15)6-4-9/h3-6,16-17H,7-8H2,1-2H3. The first-order valence-corrected chi connectivity index (χ1v) is 7.37. The summed E-state index contributed by atoms with van der Waals surface area (Å²) < 4.78 is 0. The molecular weight excluding hydrogens is 338 g/mol. The van der Waals surface area contributed by atoms with Crippen LogP contribution in [0.2, 0.25) is 5.02 Å². The zero-order chi connectivity index (χ0) is 17.9. The lowest BCUT2D eigenvalue weighted by atomic mass is 10.1. The van der Waals surface area contributed by atoms with E-state index in [1.54, 1.807) is 24.3 Å². The van der Waals surface area contributed by atoms with Gasteiger partial charge in [0.1, 0.15) is 6.42 Å². The fourth-order valence-corrected chi connectivity index (χ4v) is 2.57. The second kappa shape index (κ2) is 7.18. The zero-order valence-corrected chi connectivity index (χ0v) is 13.8. The van der Waals surface area contributed by atoms with Gasteiger partial charge in [0.2, 0.25) is 0 Å². The Kier molecular flexibility index (Phi) is 5.24. The molecule has 128 valence electrons. The fraction of sp³-hybridized carbons (Fsp3) is 0.286. The molecule has 10 heteroatoms. The molecule has 2 rings (SSSR count). The lowest BCUT2D eigenvalue weighted by Crippen LogP contribution is -2.39. The third kappa shape index (κ3) is 3.57. The van der Waals surface area contributed by atoms with Crippen molar-refractivity contribution in [2.75, 3.05) is 14.1 Å². The molecule has 24 heavy (non-hydrogen) atoms. The van der Waals surface area contributed by atoms with E-state index in [0.29, 0.717) is 11.6 Å². The smallest absolute Gasteiger partial charge is 0.297 e. The third-order valence-corrected chi connectivity index (χ3v) is 3.86. The quantitative estimate of drug-likeness (QED) is 0.592. The zero-order valence-electron chi connectivity index (χ0n) is 13.1. The van der Waals surface area contributed by atoms with E-state index in [1.165, 1.54) is 19.0 Å². The van der Waals surface area contributed by atoms with Gasteiger partial charge in [0.25, 0.3) is 11.4 Å². The maximum Gasteiger partial charge on any atom is 0.297 e. The van der Waals surface area contributed by atoms with E-state index in [9.17, 15) is 20.2 Å². The normalized spacial score (nSPS) is 14.7. The molecule has 0 radical (unpaired) electrons. The second-order valence-corrected chi connectivity index (χ2v) is 5.51. The number of nitro groups is 2. The van der Waals surface area contributed by atoms with E-state index in [1.807, 2.05) is 0 Å². The highest BCUT2D eigenvalue weighted by Gasteiger charge is 2.38. The summed E-state index contributed by atoms with van der Waals surface area (Å²) in [7, 11) is 3.06. The van der Waals surface area contributed by atoms with E-state index >= 15 is 0 Å². The van der Waals surface area contributed by atoms with Crippen molar-refractivity contribution in [1.29, 1.82) is 0 Å². The highest BCUT2D eigenvalue weighted by molar-refractivity contribution is 6.30. The maximum atomic E-state index is 11.3. The van der Waals surface area contributed by atoms with Crippen LogP contribution in [0.3, 0.4) is 0 Å². The summed E-state index contributed by atoms with van der Waals surface area (Å²) in [5, 5.41) is 28.8. The first-order valence-electron chi connectivity index (χ1n) is 7.00. The molecule has 0 atom stereocenters. The van der Waals surface area contributed by atoms with Crippen molar-refractivity contribution in [1.82, 2.24) is 15.5 Å². The molecule has 1 heterocycles. The molecule has 0 saturated heterocycles. The molecule has 2 N–H and O–H groups in total. The molecule has 0 aromatic heterocycles. The van der Waals surface area contributed by atoms with Crippen LogP contribution in [-0.2, 0) is 6.54 Å². The topological polar surface area (TPSA) is 114 Å². The van der Waals surface area contributed by atoms with Crippen molar-refractivity contribution in [3.63, 3.8) is 0 Å². The van der Waals surface area contributed by atoms with Gasteiger partial charge in [-0.15, -0.1) is 0 Å². The Hall–Kier alpha value is -2.81. The van der Waals surface area contributed by atoms with Crippen molar-refractivity contribution in [2.45, 2.75) is 13.0 Å². The highest BCUT2D eigenvalue weighted by Crippen LogP contribution is 2.27. The monoisotopic (exact) mass is 353 g/mol. The van der Waals surface area contributed by atoms with Crippen molar-refractivity contribution in [3.8, 4) is 0 Å². The van der Waals surface area contributed by atoms with Gasteiger partial charge in [0.05, 0.1) is 9.85 Å². The molecule has 0 aliphatic carbocycles. The van der Waals surface area contributed by atoms with Gasteiger partial charge in [-0.2, -0.15) is 0 Å². The van der Waals surface area contributed by atoms with Gasteiger partial charge in [-0.3, -0.25) is 20.2 Å². The first-order chi connectivity index (χ1) is 11.3. The van der Waals surface area contributed by atoms with E-state index in [0.717, 1.165) is 5.56 Å². The van der Waals surface area contributed by atoms with Gasteiger partial charge in [0.15, 0.2) is 11.6 Å². The number of hydrogen-bond acceptors (Lipinski definition) is 7. The Morgan fingerprint density at radius 1 is 1.12 bits per heavy atom. The molecule has 1 aliphatic rings. The Morgan fingerprint density at radius 3 is 2.17 bits per heavy atom. The van der Waals surface area contributed by atoms with E-state index in [2.05, 4.69) is 10.6 Å². The molecular formula is C14H16ClN5O4. The molecule has 1 aliphatic heterocycles. The minimum Gasteiger partial charge on any atom is -0.369 e. The van der Waals surface area contributed by atoms with Crippen LogP contribution in [-0.4, -0.2) is 28.8 Å². The largest absolute Gasteiger partial charge is 0.369 e. The molecule has 1 aromatic rings. The van der Waals surface area contributed by atoms with Gasteiger partial charge in [-0.05, 0) is 17.7 Å². The van der Waals surface area contributed by atoms with Gasteiger partial charge in [-0.1, -0.05) is 23.7 Å². The minimum atomic E-state index is -0.609. The van der Waals surface area contributed by atoms with Crippen LogP contribution in [0, 0.1) is 20.2 Å². The molecule has 0 saturated carbocycles. The van der Waals surface area contributed by atoms with Crippen LogP contribution in [0.5, 0.6) is 0 Å². The molecule has 0 spiro atoms. The highest BCUT2D eigenvalue weighted by atomic mass is 35.5. The van der Waals surface area contributed by atoms with Gasteiger partial charge in [-0.25, -0.2) is 0 Å². The summed E-state index contributed by atoms with van der Waals surface area (Å²) >= 11 is 5.83. The minimum absolute atomic E-state index is 0.212. The van der Waals surface area contributed by atoms with E-state index in [-0.39, 0.29) is 29.5 Å². The third-order valence-electron chi connectivity index (χ3n) is 3.60. The summed E-state index contributed by atoms with van der Waals surface area (Å²) in [5.41, 5.74) is 0.374. The number of nitrogens with zero attached hydrogens (tertiary/aromatic N) is 3. The van der Waals surface area contributed by atoms with Crippen molar-refractivity contribution >= 4 is 11.6 Å². The number of halogens is 1. The molecule has 0 unspecified atom stereocenters. The summed E-state index contributed by atoms with van der Waals surface area (Å²) in [4.78, 5) is 22.7. The number of hydrogen-bond donors (Lipinski definition) is 2. The molecule has 9 nitrogen and oxygen atoms in total. The van der Waals surface area contributed by atoms with Gasteiger partial charge < -0.3 is 15.5 Å². The summed E-state index contributed by atoms with van der Waals surface area (Å²) in [6.07, 6.45) is -0.372. The average Bonchev–Trinajstić information content (AvgIpc) is 2.54.